The summed E-state index contributed by atoms with van der Waals surface area (Å²) in [5.41, 5.74) is 0.324. The highest BCUT2D eigenvalue weighted by Crippen LogP contribution is 2.35. The average Bonchev–Trinajstić information content (AvgIpc) is 2.95. The molecule has 0 saturated carbocycles. The molecule has 1 aliphatic rings. The van der Waals surface area contributed by atoms with Crippen LogP contribution in [0.2, 0.25) is 0 Å². The minimum Gasteiger partial charge on any atom is -0.315 e. The van der Waals surface area contributed by atoms with Crippen LogP contribution >= 0.6 is 0 Å². The highest BCUT2D eigenvalue weighted by molar-refractivity contribution is 6.09. The van der Waals surface area contributed by atoms with Crippen LogP contribution in [0.1, 0.15) is 44.7 Å². The predicted octanol–water partition coefficient (Wildman–Crippen LogP) is 3.65. The Morgan fingerprint density at radius 1 is 0.964 bits per heavy atom. The lowest BCUT2D eigenvalue weighted by molar-refractivity contribution is -0.130. The van der Waals surface area contributed by atoms with Crippen molar-refractivity contribution in [1.82, 2.24) is 15.5 Å². The molecule has 0 unspecified atom stereocenters. The minimum atomic E-state index is -1.18. The molecule has 2 N–H and O–H groups in total. The van der Waals surface area contributed by atoms with Crippen LogP contribution in [-0.4, -0.2) is 35.5 Å². The summed E-state index contributed by atoms with van der Waals surface area (Å²) in [6, 6.07) is 18.5. The van der Waals surface area contributed by atoms with Gasteiger partial charge in [-0.2, -0.15) is 0 Å². The molecule has 1 heterocycles. The maximum atomic E-state index is 13.5. The van der Waals surface area contributed by atoms with Gasteiger partial charge in [0.1, 0.15) is 0 Å². The van der Waals surface area contributed by atoms with E-state index in [0.717, 1.165) is 24.0 Å². The van der Waals surface area contributed by atoms with Crippen molar-refractivity contribution in [2.75, 3.05) is 13.1 Å². The zero-order chi connectivity index (χ0) is 20.2. The summed E-state index contributed by atoms with van der Waals surface area (Å²) in [4.78, 5) is 27.7. The molecule has 28 heavy (non-hydrogen) atoms. The first-order chi connectivity index (χ1) is 13.4. The van der Waals surface area contributed by atoms with Gasteiger partial charge >= 0.3 is 6.03 Å². The lowest BCUT2D eigenvalue weighted by Crippen LogP contribution is -2.47. The van der Waals surface area contributed by atoms with Gasteiger partial charge in [-0.25, -0.2) is 4.79 Å². The molecule has 5 heteroatoms. The Morgan fingerprint density at radius 2 is 1.50 bits per heavy atom. The van der Waals surface area contributed by atoms with Crippen molar-refractivity contribution in [1.29, 1.82) is 0 Å². The number of carbonyl (C=O) groups excluding carboxylic acids is 2. The summed E-state index contributed by atoms with van der Waals surface area (Å²) >= 11 is 0. The largest absolute Gasteiger partial charge is 0.325 e. The highest BCUT2D eigenvalue weighted by Gasteiger charge is 2.53. The number of hydrogen-bond donors (Lipinski definition) is 2. The van der Waals surface area contributed by atoms with Crippen molar-refractivity contribution in [2.24, 2.45) is 0 Å². The number of amides is 3. The molecule has 148 valence electrons. The lowest BCUT2D eigenvalue weighted by Gasteiger charge is -2.29. The third-order valence-electron chi connectivity index (χ3n) is 5.33. The van der Waals surface area contributed by atoms with Crippen LogP contribution < -0.4 is 10.6 Å². The molecule has 3 amide bonds. The Labute approximate surface area is 167 Å². The van der Waals surface area contributed by atoms with Crippen molar-refractivity contribution in [2.45, 2.75) is 44.7 Å². The molecule has 1 saturated heterocycles. The van der Waals surface area contributed by atoms with Crippen molar-refractivity contribution in [3.63, 3.8) is 0 Å². The first-order valence-electron chi connectivity index (χ1n) is 9.91. The molecule has 5 nitrogen and oxygen atoms in total. The van der Waals surface area contributed by atoms with Gasteiger partial charge in [0.2, 0.25) is 0 Å². The van der Waals surface area contributed by atoms with Crippen molar-refractivity contribution >= 4 is 11.9 Å². The Kier molecular flexibility index (Phi) is 5.84. The first kappa shape index (κ1) is 20.1. The van der Waals surface area contributed by atoms with E-state index in [2.05, 4.69) is 31.4 Å². The van der Waals surface area contributed by atoms with E-state index in [1.165, 1.54) is 4.90 Å². The Bertz CT molecular complexity index is 779. The van der Waals surface area contributed by atoms with Crippen LogP contribution in [0.15, 0.2) is 60.7 Å². The number of benzene rings is 2. The van der Waals surface area contributed by atoms with E-state index in [0.29, 0.717) is 13.1 Å². The van der Waals surface area contributed by atoms with Gasteiger partial charge in [0.25, 0.3) is 5.91 Å². The Hall–Kier alpha value is -2.66. The van der Waals surface area contributed by atoms with E-state index in [1.54, 1.807) is 0 Å². The molecule has 0 aliphatic carbocycles. The number of nitrogens with one attached hydrogen (secondary N) is 2. The van der Waals surface area contributed by atoms with Gasteiger partial charge in [-0.1, -0.05) is 74.0 Å². The molecule has 0 spiro atoms. The third-order valence-corrected chi connectivity index (χ3v) is 5.33. The second kappa shape index (κ2) is 8.15. The van der Waals surface area contributed by atoms with E-state index in [1.807, 2.05) is 60.7 Å². The molecule has 0 radical (unpaired) electrons. The second-order valence-corrected chi connectivity index (χ2v) is 7.93. The van der Waals surface area contributed by atoms with E-state index in [4.69, 9.17) is 0 Å². The number of imide groups is 1. The number of hydrogen-bond acceptors (Lipinski definition) is 3. The minimum absolute atomic E-state index is 0.0239. The molecule has 3 rings (SSSR count). The topological polar surface area (TPSA) is 61.4 Å². The number of rotatable bonds is 8. The van der Waals surface area contributed by atoms with Gasteiger partial charge in [0.05, 0.1) is 0 Å². The fourth-order valence-corrected chi connectivity index (χ4v) is 3.93. The summed E-state index contributed by atoms with van der Waals surface area (Å²) in [5, 5.41) is 6.44. The van der Waals surface area contributed by atoms with Crippen molar-refractivity contribution in [3.8, 4) is 0 Å². The zero-order valence-corrected chi connectivity index (χ0v) is 16.9. The molecular formula is C23H29N3O2. The average molecular weight is 380 g/mol. The van der Waals surface area contributed by atoms with Gasteiger partial charge in [-0.05, 0) is 31.4 Å². The van der Waals surface area contributed by atoms with Crippen LogP contribution in [0, 0.1) is 0 Å². The number of nitrogens with zero attached hydrogens (tertiary/aromatic N) is 1. The normalized spacial score (nSPS) is 16.3. The molecule has 2 aromatic carbocycles. The summed E-state index contributed by atoms with van der Waals surface area (Å²) in [5.74, 6) is -0.231. The first-order valence-corrected chi connectivity index (χ1v) is 9.91. The lowest BCUT2D eigenvalue weighted by atomic mass is 9.82. The molecule has 1 fully saturated rings. The molecule has 2 aromatic rings. The molecule has 1 aliphatic heterocycles. The molecule has 0 aromatic heterocycles. The Balaban J connectivity index is 1.87. The third kappa shape index (κ3) is 3.80. The van der Waals surface area contributed by atoms with Crippen LogP contribution in [0.25, 0.3) is 0 Å². The van der Waals surface area contributed by atoms with E-state index < -0.39 is 5.54 Å². The van der Waals surface area contributed by atoms with Crippen LogP contribution in [-0.2, 0) is 10.3 Å². The predicted molar refractivity (Wildman–Crippen MR) is 111 cm³/mol. The zero-order valence-electron chi connectivity index (χ0n) is 16.9. The van der Waals surface area contributed by atoms with Crippen molar-refractivity contribution < 1.29 is 9.59 Å². The van der Waals surface area contributed by atoms with E-state index in [9.17, 15) is 9.59 Å². The van der Waals surface area contributed by atoms with Gasteiger partial charge in [-0.3, -0.25) is 9.69 Å². The van der Waals surface area contributed by atoms with Crippen molar-refractivity contribution in [3.05, 3.63) is 71.8 Å². The van der Waals surface area contributed by atoms with E-state index in [-0.39, 0.29) is 17.5 Å². The van der Waals surface area contributed by atoms with Gasteiger partial charge in [0, 0.05) is 18.6 Å². The number of urea groups is 1. The summed E-state index contributed by atoms with van der Waals surface area (Å²) in [7, 11) is 0. The molecular weight excluding hydrogens is 350 g/mol. The summed E-state index contributed by atoms with van der Waals surface area (Å²) in [6.45, 7) is 7.32. The van der Waals surface area contributed by atoms with E-state index >= 15 is 0 Å². The monoisotopic (exact) mass is 379 g/mol. The maximum absolute atomic E-state index is 13.5. The SMILES string of the molecule is CCCC(C)(C)NCCN1C(=O)NC(c2ccccc2)(c2ccccc2)C1=O. The quantitative estimate of drug-likeness (QED) is 0.688. The van der Waals surface area contributed by atoms with Gasteiger partial charge in [0.15, 0.2) is 5.54 Å². The summed E-state index contributed by atoms with van der Waals surface area (Å²) < 4.78 is 0. The number of carbonyl (C=O) groups is 2. The van der Waals surface area contributed by atoms with Crippen LogP contribution in [0.4, 0.5) is 4.79 Å². The van der Waals surface area contributed by atoms with Crippen LogP contribution in [0.3, 0.4) is 0 Å². The second-order valence-electron chi connectivity index (χ2n) is 7.93. The highest BCUT2D eigenvalue weighted by atomic mass is 16.2. The maximum Gasteiger partial charge on any atom is 0.325 e. The summed E-state index contributed by atoms with van der Waals surface area (Å²) in [6.07, 6.45) is 2.11. The molecule has 0 atom stereocenters. The smallest absolute Gasteiger partial charge is 0.315 e. The fourth-order valence-electron chi connectivity index (χ4n) is 3.93. The van der Waals surface area contributed by atoms with Crippen LogP contribution in [0.5, 0.6) is 0 Å². The Morgan fingerprint density at radius 3 is 2.00 bits per heavy atom. The standard InChI is InChI=1S/C23H29N3O2/c1-4-15-22(2,3)24-16-17-26-20(27)23(25-21(26)28,18-11-7-5-8-12-18)19-13-9-6-10-14-19/h5-14,24H,4,15-17H2,1-3H3,(H,25,28). The molecule has 0 bridgehead atoms. The van der Waals surface area contributed by atoms with Gasteiger partial charge in [-0.15, -0.1) is 0 Å². The van der Waals surface area contributed by atoms with Gasteiger partial charge < -0.3 is 10.6 Å². The fraction of sp³-hybridized carbons (Fsp3) is 0.391.